The molecule has 0 bridgehead atoms. The van der Waals surface area contributed by atoms with Crippen LogP contribution in [0.2, 0.25) is 5.02 Å². The van der Waals surface area contributed by atoms with Crippen molar-refractivity contribution in [3.05, 3.63) is 100.0 Å². The van der Waals surface area contributed by atoms with Gasteiger partial charge in [0.05, 0.1) is 11.3 Å². The molecule has 4 rings (SSSR count). The SMILES string of the molecule is Cc1cccc(N2C(=O)C(Nc3cccc(F)c3)=C(c3ccc(Cl)cc3)C2=O)c1C. The van der Waals surface area contributed by atoms with Gasteiger partial charge in [-0.05, 0) is 66.9 Å². The van der Waals surface area contributed by atoms with Gasteiger partial charge in [0.15, 0.2) is 0 Å². The third-order valence-corrected chi connectivity index (χ3v) is 5.38. The van der Waals surface area contributed by atoms with E-state index in [1.54, 1.807) is 42.5 Å². The maximum Gasteiger partial charge on any atom is 0.282 e. The topological polar surface area (TPSA) is 49.4 Å². The van der Waals surface area contributed by atoms with Gasteiger partial charge in [-0.2, -0.15) is 0 Å². The van der Waals surface area contributed by atoms with Crippen LogP contribution < -0.4 is 10.2 Å². The second-order valence-corrected chi connectivity index (χ2v) is 7.49. The third-order valence-electron chi connectivity index (χ3n) is 5.13. The predicted molar refractivity (Wildman–Crippen MR) is 117 cm³/mol. The molecule has 0 atom stereocenters. The molecule has 0 unspecified atom stereocenters. The second-order valence-electron chi connectivity index (χ2n) is 7.06. The Balaban J connectivity index is 1.86. The molecule has 1 aliphatic rings. The molecule has 3 aromatic rings. The summed E-state index contributed by atoms with van der Waals surface area (Å²) >= 11 is 5.99. The lowest BCUT2D eigenvalue weighted by molar-refractivity contribution is -0.120. The highest BCUT2D eigenvalue weighted by atomic mass is 35.5. The van der Waals surface area contributed by atoms with Gasteiger partial charge in [0.1, 0.15) is 11.5 Å². The lowest BCUT2D eigenvalue weighted by atomic mass is 10.0. The summed E-state index contributed by atoms with van der Waals surface area (Å²) in [5.74, 6) is -1.39. The average molecular weight is 421 g/mol. The summed E-state index contributed by atoms with van der Waals surface area (Å²) in [6, 6.07) is 17.9. The van der Waals surface area contributed by atoms with Gasteiger partial charge in [-0.3, -0.25) is 9.59 Å². The van der Waals surface area contributed by atoms with Crippen molar-refractivity contribution in [3.63, 3.8) is 0 Å². The highest BCUT2D eigenvalue weighted by molar-refractivity contribution is 6.46. The van der Waals surface area contributed by atoms with Gasteiger partial charge in [0, 0.05) is 10.7 Å². The zero-order valence-corrected chi connectivity index (χ0v) is 17.1. The van der Waals surface area contributed by atoms with Crippen molar-refractivity contribution in [2.75, 3.05) is 10.2 Å². The molecular formula is C24H18ClFN2O2. The molecule has 4 nitrogen and oxygen atoms in total. The molecule has 1 aliphatic heterocycles. The van der Waals surface area contributed by atoms with Crippen LogP contribution in [-0.2, 0) is 9.59 Å². The zero-order valence-electron chi connectivity index (χ0n) is 16.4. The van der Waals surface area contributed by atoms with E-state index in [2.05, 4.69) is 5.32 Å². The minimum atomic E-state index is -0.497. The average Bonchev–Trinajstić information content (AvgIpc) is 2.95. The van der Waals surface area contributed by atoms with Crippen LogP contribution in [0.1, 0.15) is 16.7 Å². The number of anilines is 2. The first-order valence-corrected chi connectivity index (χ1v) is 9.72. The molecule has 2 amide bonds. The first kappa shape index (κ1) is 19.9. The number of hydrogen-bond acceptors (Lipinski definition) is 3. The fourth-order valence-corrected chi connectivity index (χ4v) is 3.56. The second kappa shape index (κ2) is 7.76. The molecule has 1 heterocycles. The van der Waals surface area contributed by atoms with E-state index in [0.29, 0.717) is 22.0 Å². The lowest BCUT2D eigenvalue weighted by Crippen LogP contribution is -2.33. The molecule has 0 aliphatic carbocycles. The maximum absolute atomic E-state index is 13.7. The molecule has 3 aromatic carbocycles. The van der Waals surface area contributed by atoms with E-state index < -0.39 is 17.6 Å². The zero-order chi connectivity index (χ0) is 21.4. The van der Waals surface area contributed by atoms with Crippen LogP contribution >= 0.6 is 11.6 Å². The van der Waals surface area contributed by atoms with Crippen molar-refractivity contribution < 1.29 is 14.0 Å². The van der Waals surface area contributed by atoms with Gasteiger partial charge in [-0.15, -0.1) is 0 Å². The van der Waals surface area contributed by atoms with Gasteiger partial charge in [0.2, 0.25) is 0 Å². The van der Waals surface area contributed by atoms with Crippen LogP contribution in [0, 0.1) is 19.7 Å². The lowest BCUT2D eigenvalue weighted by Gasteiger charge is -2.19. The molecule has 6 heteroatoms. The van der Waals surface area contributed by atoms with Crippen molar-refractivity contribution in [1.82, 2.24) is 0 Å². The van der Waals surface area contributed by atoms with E-state index in [1.165, 1.54) is 18.2 Å². The van der Waals surface area contributed by atoms with Crippen molar-refractivity contribution in [2.24, 2.45) is 0 Å². The Morgan fingerprint density at radius 3 is 2.30 bits per heavy atom. The number of rotatable bonds is 4. The molecule has 0 aromatic heterocycles. The first-order valence-electron chi connectivity index (χ1n) is 9.34. The third kappa shape index (κ3) is 3.48. The number of hydrogen-bond donors (Lipinski definition) is 1. The summed E-state index contributed by atoms with van der Waals surface area (Å²) in [6.45, 7) is 3.79. The predicted octanol–water partition coefficient (Wildman–Crippen LogP) is 5.49. The van der Waals surface area contributed by atoms with Crippen molar-refractivity contribution in [1.29, 1.82) is 0 Å². The fourth-order valence-electron chi connectivity index (χ4n) is 3.44. The number of nitrogens with one attached hydrogen (secondary N) is 1. The number of halogens is 2. The number of aryl methyl sites for hydroxylation is 1. The molecule has 0 saturated heterocycles. The molecular weight excluding hydrogens is 403 g/mol. The van der Waals surface area contributed by atoms with Crippen LogP contribution in [0.3, 0.4) is 0 Å². The number of benzene rings is 3. The van der Waals surface area contributed by atoms with E-state index >= 15 is 0 Å². The van der Waals surface area contributed by atoms with E-state index in [1.807, 2.05) is 19.9 Å². The molecule has 150 valence electrons. The van der Waals surface area contributed by atoms with Crippen molar-refractivity contribution >= 4 is 40.4 Å². The molecule has 0 saturated carbocycles. The van der Waals surface area contributed by atoms with E-state index in [9.17, 15) is 14.0 Å². The number of nitrogens with zero attached hydrogens (tertiary/aromatic N) is 1. The van der Waals surface area contributed by atoms with Gasteiger partial charge in [-0.1, -0.05) is 41.9 Å². The molecule has 0 fully saturated rings. The highest BCUT2D eigenvalue weighted by Crippen LogP contribution is 2.36. The summed E-state index contributed by atoms with van der Waals surface area (Å²) in [6.07, 6.45) is 0. The Hall–Kier alpha value is -3.44. The summed E-state index contributed by atoms with van der Waals surface area (Å²) in [4.78, 5) is 28.0. The number of carbonyl (C=O) groups excluding carboxylic acids is 2. The summed E-state index contributed by atoms with van der Waals surface area (Å²) < 4.78 is 13.7. The maximum atomic E-state index is 13.7. The Morgan fingerprint density at radius 2 is 1.60 bits per heavy atom. The summed E-state index contributed by atoms with van der Waals surface area (Å²) in [7, 11) is 0. The quantitative estimate of drug-likeness (QED) is 0.567. The van der Waals surface area contributed by atoms with Gasteiger partial charge < -0.3 is 5.32 Å². The van der Waals surface area contributed by atoms with Gasteiger partial charge in [-0.25, -0.2) is 9.29 Å². The van der Waals surface area contributed by atoms with Crippen LogP contribution in [0.4, 0.5) is 15.8 Å². The summed E-state index contributed by atoms with van der Waals surface area (Å²) in [5, 5.41) is 3.47. The Kier molecular flexibility index (Phi) is 5.14. The van der Waals surface area contributed by atoms with Crippen LogP contribution in [0.25, 0.3) is 5.57 Å². The molecule has 0 radical (unpaired) electrons. The Bertz CT molecular complexity index is 1200. The monoisotopic (exact) mass is 420 g/mol. The van der Waals surface area contributed by atoms with Crippen LogP contribution in [0.5, 0.6) is 0 Å². The molecule has 0 spiro atoms. The fraction of sp³-hybridized carbons (Fsp3) is 0.0833. The standard InChI is InChI=1S/C24H18ClFN2O2/c1-14-5-3-8-20(15(14)2)28-23(29)21(16-9-11-17(25)12-10-16)22(24(28)30)27-19-7-4-6-18(26)13-19/h3-13,27H,1-2H3. The van der Waals surface area contributed by atoms with Crippen molar-refractivity contribution in [3.8, 4) is 0 Å². The normalized spacial score (nSPS) is 13.9. The van der Waals surface area contributed by atoms with Crippen molar-refractivity contribution in [2.45, 2.75) is 13.8 Å². The number of imide groups is 1. The smallest absolute Gasteiger partial charge is 0.282 e. The minimum Gasteiger partial charge on any atom is -0.350 e. The number of amides is 2. The van der Waals surface area contributed by atoms with Crippen LogP contribution in [0.15, 0.2) is 72.4 Å². The summed E-state index contributed by atoms with van der Waals surface area (Å²) in [5.41, 5.74) is 3.54. The van der Waals surface area contributed by atoms with E-state index in [0.717, 1.165) is 16.0 Å². The molecule has 1 N–H and O–H groups in total. The molecule has 30 heavy (non-hydrogen) atoms. The van der Waals surface area contributed by atoms with Gasteiger partial charge >= 0.3 is 0 Å². The largest absolute Gasteiger partial charge is 0.350 e. The van der Waals surface area contributed by atoms with Crippen LogP contribution in [-0.4, -0.2) is 11.8 Å². The van der Waals surface area contributed by atoms with E-state index in [-0.39, 0.29) is 11.3 Å². The minimum absolute atomic E-state index is 0.0915. The van der Waals surface area contributed by atoms with E-state index in [4.69, 9.17) is 11.6 Å². The Labute approximate surface area is 178 Å². The Morgan fingerprint density at radius 1 is 0.900 bits per heavy atom. The highest BCUT2D eigenvalue weighted by Gasteiger charge is 2.40. The first-order chi connectivity index (χ1) is 14.4. The number of carbonyl (C=O) groups is 2. The van der Waals surface area contributed by atoms with Gasteiger partial charge in [0.25, 0.3) is 11.8 Å².